The molecule has 2 rings (SSSR count). The molecule has 0 fully saturated rings. The van der Waals surface area contributed by atoms with Crippen molar-refractivity contribution in [3.05, 3.63) is 29.6 Å². The van der Waals surface area contributed by atoms with Crippen molar-refractivity contribution < 1.29 is 9.47 Å². The van der Waals surface area contributed by atoms with E-state index in [0.29, 0.717) is 6.54 Å². The number of aromatic nitrogens is 3. The highest BCUT2D eigenvalue weighted by Crippen LogP contribution is 2.30. The molecule has 0 atom stereocenters. The zero-order valence-electron chi connectivity index (χ0n) is 12.5. The van der Waals surface area contributed by atoms with Crippen LogP contribution in [0.5, 0.6) is 11.5 Å². The Morgan fingerprint density at radius 1 is 1.24 bits per heavy atom. The molecular formula is C14H20N4O2S. The normalized spacial score (nSPS) is 10.7. The third kappa shape index (κ3) is 3.68. The van der Waals surface area contributed by atoms with Gasteiger partial charge in [-0.05, 0) is 25.1 Å². The van der Waals surface area contributed by atoms with E-state index in [1.165, 1.54) is 0 Å². The topological polar surface area (TPSA) is 75.2 Å². The van der Waals surface area contributed by atoms with Crippen molar-refractivity contribution in [2.45, 2.75) is 24.4 Å². The molecule has 0 bridgehead atoms. The lowest BCUT2D eigenvalue weighted by Crippen LogP contribution is -2.12. The first kappa shape index (κ1) is 15.7. The first-order valence-electron chi connectivity index (χ1n) is 6.63. The fraction of sp³-hybridized carbons (Fsp3) is 0.429. The van der Waals surface area contributed by atoms with Crippen LogP contribution in [0.15, 0.2) is 23.4 Å². The van der Waals surface area contributed by atoms with Gasteiger partial charge in [0.1, 0.15) is 17.3 Å². The Bertz CT molecular complexity index is 601. The fourth-order valence-corrected chi connectivity index (χ4v) is 2.98. The van der Waals surface area contributed by atoms with E-state index in [0.717, 1.165) is 40.3 Å². The van der Waals surface area contributed by atoms with Crippen LogP contribution in [0.25, 0.3) is 0 Å². The molecule has 6 nitrogen and oxygen atoms in total. The van der Waals surface area contributed by atoms with Gasteiger partial charge in [-0.3, -0.25) is 0 Å². The first-order chi connectivity index (χ1) is 10.2. The zero-order chi connectivity index (χ0) is 15.2. The van der Waals surface area contributed by atoms with E-state index in [1.54, 1.807) is 26.0 Å². The minimum absolute atomic E-state index is 0.564. The maximum Gasteiger partial charge on any atom is 0.191 e. The molecule has 2 N–H and O–H groups in total. The minimum Gasteiger partial charge on any atom is -0.497 e. The largest absolute Gasteiger partial charge is 0.497 e. The third-order valence-electron chi connectivity index (χ3n) is 3.10. The van der Waals surface area contributed by atoms with Gasteiger partial charge in [-0.15, -0.1) is 10.2 Å². The van der Waals surface area contributed by atoms with Crippen molar-refractivity contribution in [3.63, 3.8) is 0 Å². The molecule has 0 amide bonds. The van der Waals surface area contributed by atoms with Crippen LogP contribution in [0.3, 0.4) is 0 Å². The number of thioether (sulfide) groups is 1. The van der Waals surface area contributed by atoms with Crippen molar-refractivity contribution in [3.8, 4) is 11.5 Å². The lowest BCUT2D eigenvalue weighted by atomic mass is 10.2. The predicted molar refractivity (Wildman–Crippen MR) is 82.9 cm³/mol. The number of nitrogens with two attached hydrogens (primary N) is 1. The van der Waals surface area contributed by atoms with Crippen LogP contribution in [0.2, 0.25) is 0 Å². The van der Waals surface area contributed by atoms with Crippen molar-refractivity contribution in [1.29, 1.82) is 0 Å². The maximum absolute atomic E-state index is 5.63. The van der Waals surface area contributed by atoms with Gasteiger partial charge in [0, 0.05) is 24.4 Å². The molecule has 0 aliphatic carbocycles. The molecule has 2 aromatic rings. The monoisotopic (exact) mass is 308 g/mol. The molecule has 0 radical (unpaired) electrons. The molecule has 1 heterocycles. The SMILES string of the molecule is COc1ccc(OC)c(CSc2nnc(C)n2CCN)c1. The Kier molecular flexibility index (Phi) is 5.46. The van der Waals surface area contributed by atoms with E-state index in [4.69, 9.17) is 15.2 Å². The summed E-state index contributed by atoms with van der Waals surface area (Å²) in [5.41, 5.74) is 6.68. The number of benzene rings is 1. The van der Waals surface area contributed by atoms with Gasteiger partial charge in [0.2, 0.25) is 0 Å². The molecule has 0 aliphatic heterocycles. The van der Waals surface area contributed by atoms with Gasteiger partial charge in [0.25, 0.3) is 0 Å². The van der Waals surface area contributed by atoms with Crippen molar-refractivity contribution in [2.75, 3.05) is 20.8 Å². The van der Waals surface area contributed by atoms with Gasteiger partial charge < -0.3 is 19.8 Å². The zero-order valence-corrected chi connectivity index (χ0v) is 13.3. The lowest BCUT2D eigenvalue weighted by molar-refractivity contribution is 0.400. The van der Waals surface area contributed by atoms with Gasteiger partial charge in [-0.2, -0.15) is 0 Å². The molecular weight excluding hydrogens is 288 g/mol. The second-order valence-corrected chi connectivity index (χ2v) is 5.38. The Balaban J connectivity index is 2.16. The van der Waals surface area contributed by atoms with Crippen LogP contribution in [-0.4, -0.2) is 35.5 Å². The molecule has 1 aromatic carbocycles. The number of methoxy groups -OCH3 is 2. The van der Waals surface area contributed by atoms with Crippen LogP contribution in [0.1, 0.15) is 11.4 Å². The number of ether oxygens (including phenoxy) is 2. The molecule has 21 heavy (non-hydrogen) atoms. The standard InChI is InChI=1S/C14H20N4O2S/c1-10-16-17-14(18(10)7-6-15)21-9-11-8-12(19-2)4-5-13(11)20-3/h4-5,8H,6-7,9,15H2,1-3H3. The summed E-state index contributed by atoms with van der Waals surface area (Å²) in [4.78, 5) is 0. The van der Waals surface area contributed by atoms with Crippen LogP contribution >= 0.6 is 11.8 Å². The Morgan fingerprint density at radius 2 is 2.05 bits per heavy atom. The van der Waals surface area contributed by atoms with Gasteiger partial charge in [-0.1, -0.05) is 11.8 Å². The minimum atomic E-state index is 0.564. The number of hydrogen-bond acceptors (Lipinski definition) is 6. The van der Waals surface area contributed by atoms with Crippen molar-refractivity contribution in [1.82, 2.24) is 14.8 Å². The highest BCUT2D eigenvalue weighted by Gasteiger charge is 2.11. The van der Waals surface area contributed by atoms with Crippen molar-refractivity contribution >= 4 is 11.8 Å². The third-order valence-corrected chi connectivity index (χ3v) is 4.11. The average molecular weight is 308 g/mol. The molecule has 1 aromatic heterocycles. The van der Waals surface area contributed by atoms with Crippen LogP contribution in [0, 0.1) is 6.92 Å². The summed E-state index contributed by atoms with van der Waals surface area (Å²) in [5, 5.41) is 9.16. The Hall–Kier alpha value is -1.73. The van der Waals surface area contributed by atoms with E-state index < -0.39 is 0 Å². The fourth-order valence-electron chi connectivity index (χ4n) is 1.99. The van der Waals surface area contributed by atoms with E-state index in [2.05, 4.69) is 10.2 Å². The van der Waals surface area contributed by atoms with Gasteiger partial charge in [0.15, 0.2) is 5.16 Å². The van der Waals surface area contributed by atoms with Crippen LogP contribution < -0.4 is 15.2 Å². The summed E-state index contributed by atoms with van der Waals surface area (Å²) in [7, 11) is 3.32. The van der Waals surface area contributed by atoms with Crippen LogP contribution in [0.4, 0.5) is 0 Å². The summed E-state index contributed by atoms with van der Waals surface area (Å²) >= 11 is 1.61. The smallest absolute Gasteiger partial charge is 0.191 e. The Morgan fingerprint density at radius 3 is 2.71 bits per heavy atom. The number of rotatable bonds is 7. The number of aryl methyl sites for hydroxylation is 1. The molecule has 114 valence electrons. The summed E-state index contributed by atoms with van der Waals surface area (Å²) in [5.74, 6) is 3.25. The van der Waals surface area contributed by atoms with Gasteiger partial charge in [-0.25, -0.2) is 0 Å². The van der Waals surface area contributed by atoms with Gasteiger partial charge in [0.05, 0.1) is 14.2 Å². The number of nitrogens with zero attached hydrogens (tertiary/aromatic N) is 3. The molecule has 0 spiro atoms. The second kappa shape index (κ2) is 7.33. The number of hydrogen-bond donors (Lipinski definition) is 1. The maximum atomic E-state index is 5.63. The van der Waals surface area contributed by atoms with E-state index >= 15 is 0 Å². The summed E-state index contributed by atoms with van der Waals surface area (Å²) in [6.07, 6.45) is 0. The summed E-state index contributed by atoms with van der Waals surface area (Å²) < 4.78 is 12.7. The average Bonchev–Trinajstić information content (AvgIpc) is 2.86. The van der Waals surface area contributed by atoms with Crippen molar-refractivity contribution in [2.24, 2.45) is 5.73 Å². The molecule has 0 saturated carbocycles. The highest BCUT2D eigenvalue weighted by molar-refractivity contribution is 7.98. The van der Waals surface area contributed by atoms with Gasteiger partial charge >= 0.3 is 0 Å². The van der Waals surface area contributed by atoms with Crippen LogP contribution in [-0.2, 0) is 12.3 Å². The second-order valence-electron chi connectivity index (χ2n) is 4.44. The highest BCUT2D eigenvalue weighted by atomic mass is 32.2. The molecule has 0 unspecified atom stereocenters. The first-order valence-corrected chi connectivity index (χ1v) is 7.61. The van der Waals surface area contributed by atoms with E-state index in [-0.39, 0.29) is 0 Å². The Labute approximate surface area is 128 Å². The summed E-state index contributed by atoms with van der Waals surface area (Å²) in [6, 6.07) is 5.76. The van der Waals surface area contributed by atoms with E-state index in [9.17, 15) is 0 Å². The van der Waals surface area contributed by atoms with E-state index in [1.807, 2.05) is 29.7 Å². The lowest BCUT2D eigenvalue weighted by Gasteiger charge is -2.11. The molecule has 7 heteroatoms. The quantitative estimate of drug-likeness (QED) is 0.787. The summed E-state index contributed by atoms with van der Waals surface area (Å²) in [6.45, 7) is 3.21. The molecule has 0 saturated heterocycles. The molecule has 0 aliphatic rings. The predicted octanol–water partition coefficient (Wildman–Crippen LogP) is 1.85.